The maximum atomic E-state index is 13.2. The van der Waals surface area contributed by atoms with E-state index in [-0.39, 0.29) is 43.1 Å². The molecule has 0 amide bonds. The number of carbonyl (C=O) groups excluding carboxylic acids is 4. The Hall–Kier alpha value is -3.04. The number of hydrogen-bond donors (Lipinski definition) is 0. The van der Waals surface area contributed by atoms with E-state index in [1.165, 1.54) is 6.07 Å². The maximum Gasteiger partial charge on any atom is 0.234 e. The zero-order valence-electron chi connectivity index (χ0n) is 19.7. The van der Waals surface area contributed by atoms with Gasteiger partial charge in [0.1, 0.15) is 0 Å². The van der Waals surface area contributed by atoms with E-state index in [1.54, 1.807) is 52.0 Å². The van der Waals surface area contributed by atoms with Gasteiger partial charge in [-0.3, -0.25) is 19.2 Å². The van der Waals surface area contributed by atoms with E-state index in [4.69, 9.17) is 18.9 Å². The molecule has 34 heavy (non-hydrogen) atoms. The third-order valence-electron chi connectivity index (χ3n) is 5.29. The topological polar surface area (TPSA) is 105 Å². The summed E-state index contributed by atoms with van der Waals surface area (Å²) < 4.78 is 21.6. The molecule has 0 saturated heterocycles. The fraction of sp³-hybridized carbons (Fsp3) is 0.385. The van der Waals surface area contributed by atoms with Crippen LogP contribution in [0.5, 0.6) is 0 Å². The third-order valence-corrected chi connectivity index (χ3v) is 5.29. The Morgan fingerprint density at radius 3 is 1.85 bits per heavy atom. The van der Waals surface area contributed by atoms with Crippen molar-refractivity contribution in [1.82, 2.24) is 0 Å². The van der Waals surface area contributed by atoms with Crippen molar-refractivity contribution in [2.45, 2.75) is 40.3 Å². The Labute approximate surface area is 197 Å². The monoisotopic (exact) mass is 468 g/mol. The fourth-order valence-corrected chi connectivity index (χ4v) is 3.81. The van der Waals surface area contributed by atoms with Crippen LogP contribution < -0.4 is 0 Å². The SMILES string of the molecule is CCOC(OCC)C(=O)C1=CC(=O)C(=O)c2c1ccc1ccc(C(=O)C(OCC)OCC)cc21. The van der Waals surface area contributed by atoms with E-state index in [0.29, 0.717) is 16.3 Å². The van der Waals surface area contributed by atoms with Gasteiger partial charge < -0.3 is 18.9 Å². The summed E-state index contributed by atoms with van der Waals surface area (Å²) in [5, 5.41) is 1.02. The van der Waals surface area contributed by atoms with Gasteiger partial charge in [0.2, 0.25) is 35.7 Å². The van der Waals surface area contributed by atoms with Crippen molar-refractivity contribution in [2.75, 3.05) is 26.4 Å². The highest BCUT2D eigenvalue weighted by Crippen LogP contribution is 2.33. The van der Waals surface area contributed by atoms with Crippen molar-refractivity contribution in [3.8, 4) is 0 Å². The van der Waals surface area contributed by atoms with Crippen LogP contribution in [0.4, 0.5) is 0 Å². The van der Waals surface area contributed by atoms with Crippen molar-refractivity contribution in [3.05, 3.63) is 53.1 Å². The van der Waals surface area contributed by atoms with E-state index in [9.17, 15) is 19.2 Å². The van der Waals surface area contributed by atoms with Gasteiger partial charge in [0, 0.05) is 49.2 Å². The largest absolute Gasteiger partial charge is 0.346 e. The summed E-state index contributed by atoms with van der Waals surface area (Å²) in [5.41, 5.74) is 0.657. The van der Waals surface area contributed by atoms with E-state index >= 15 is 0 Å². The first kappa shape index (κ1) is 25.6. The summed E-state index contributed by atoms with van der Waals surface area (Å²) >= 11 is 0. The number of benzene rings is 2. The van der Waals surface area contributed by atoms with Crippen LogP contribution in [0.15, 0.2) is 36.4 Å². The molecule has 2 aromatic rings. The van der Waals surface area contributed by atoms with Crippen molar-refractivity contribution in [1.29, 1.82) is 0 Å². The van der Waals surface area contributed by atoms with E-state index in [0.717, 1.165) is 6.08 Å². The molecular weight excluding hydrogens is 440 g/mol. The molecule has 0 fully saturated rings. The van der Waals surface area contributed by atoms with Gasteiger partial charge in [0.05, 0.1) is 0 Å². The second-order valence-electron chi connectivity index (χ2n) is 7.39. The predicted octanol–water partition coefficient (Wildman–Crippen LogP) is 3.54. The van der Waals surface area contributed by atoms with Gasteiger partial charge in [-0.25, -0.2) is 0 Å². The number of rotatable bonds is 12. The summed E-state index contributed by atoms with van der Waals surface area (Å²) in [7, 11) is 0. The van der Waals surface area contributed by atoms with Gasteiger partial charge in [-0.05, 0) is 50.1 Å². The minimum Gasteiger partial charge on any atom is -0.346 e. The molecule has 0 N–H and O–H groups in total. The van der Waals surface area contributed by atoms with Crippen molar-refractivity contribution < 1.29 is 38.1 Å². The molecule has 0 unspecified atom stereocenters. The van der Waals surface area contributed by atoms with Crippen molar-refractivity contribution >= 4 is 39.5 Å². The summed E-state index contributed by atoms with van der Waals surface area (Å²) in [6.07, 6.45) is -1.25. The number of hydrogen-bond acceptors (Lipinski definition) is 8. The molecule has 1 aliphatic carbocycles. The number of ketones is 4. The molecule has 3 rings (SSSR count). The lowest BCUT2D eigenvalue weighted by molar-refractivity contribution is -0.161. The number of carbonyl (C=O) groups is 4. The fourth-order valence-electron chi connectivity index (χ4n) is 3.81. The lowest BCUT2D eigenvalue weighted by atomic mass is 9.83. The Bertz CT molecular complexity index is 1130. The van der Waals surface area contributed by atoms with Gasteiger partial charge in [-0.2, -0.15) is 0 Å². The minimum atomic E-state index is -1.20. The van der Waals surface area contributed by atoms with E-state index in [2.05, 4.69) is 0 Å². The van der Waals surface area contributed by atoms with Gasteiger partial charge in [0.25, 0.3) is 0 Å². The molecule has 0 saturated carbocycles. The Morgan fingerprint density at radius 2 is 1.29 bits per heavy atom. The molecule has 180 valence electrons. The molecule has 8 heteroatoms. The zero-order valence-corrected chi connectivity index (χ0v) is 19.7. The van der Waals surface area contributed by atoms with Crippen LogP contribution in [-0.2, 0) is 28.5 Å². The second-order valence-corrected chi connectivity index (χ2v) is 7.39. The molecule has 8 nitrogen and oxygen atoms in total. The first-order valence-electron chi connectivity index (χ1n) is 11.3. The molecular formula is C26H28O8. The van der Waals surface area contributed by atoms with Crippen LogP contribution in [-0.4, -0.2) is 62.1 Å². The summed E-state index contributed by atoms with van der Waals surface area (Å²) in [5.74, 6) is -2.53. The van der Waals surface area contributed by atoms with Crippen LogP contribution in [0.2, 0.25) is 0 Å². The molecule has 2 aromatic carbocycles. The first-order valence-corrected chi connectivity index (χ1v) is 11.3. The standard InChI is InChI=1S/C26H28O8/c1-5-31-25(32-6-2)22(28)16-10-9-15-11-12-17-19(23(29)26(33-7-3)34-8-4)14-20(27)24(30)21(17)18(15)13-16/h9-14,25-26H,5-8H2,1-4H3. The highest BCUT2D eigenvalue weighted by atomic mass is 16.7. The van der Waals surface area contributed by atoms with Crippen molar-refractivity contribution in [2.24, 2.45) is 0 Å². The predicted molar refractivity (Wildman–Crippen MR) is 125 cm³/mol. The first-order chi connectivity index (χ1) is 16.4. The molecule has 0 heterocycles. The third kappa shape index (κ3) is 5.05. The number of fused-ring (bicyclic) bond motifs is 3. The Morgan fingerprint density at radius 1 is 0.765 bits per heavy atom. The average Bonchev–Trinajstić information content (AvgIpc) is 2.84. The molecule has 0 aliphatic heterocycles. The van der Waals surface area contributed by atoms with E-state index < -0.39 is 35.7 Å². The van der Waals surface area contributed by atoms with Crippen LogP contribution in [0.3, 0.4) is 0 Å². The van der Waals surface area contributed by atoms with Crippen LogP contribution >= 0.6 is 0 Å². The lowest BCUT2D eigenvalue weighted by Gasteiger charge is -2.22. The molecule has 0 aromatic heterocycles. The Kier molecular flexibility index (Phi) is 8.57. The highest BCUT2D eigenvalue weighted by Gasteiger charge is 2.34. The zero-order chi connectivity index (χ0) is 24.8. The van der Waals surface area contributed by atoms with Gasteiger partial charge >= 0.3 is 0 Å². The number of Topliss-reactive ketones (excluding diaryl/α,β-unsaturated/α-hetero) is 3. The summed E-state index contributed by atoms with van der Waals surface area (Å²) in [6, 6.07) is 8.16. The normalized spacial score (nSPS) is 13.5. The molecule has 0 bridgehead atoms. The van der Waals surface area contributed by atoms with Gasteiger partial charge in [0.15, 0.2) is 0 Å². The average molecular weight is 469 g/mol. The summed E-state index contributed by atoms with van der Waals surface area (Å²) in [4.78, 5) is 51.7. The highest BCUT2D eigenvalue weighted by molar-refractivity contribution is 6.55. The smallest absolute Gasteiger partial charge is 0.234 e. The molecule has 0 spiro atoms. The molecule has 1 aliphatic rings. The van der Waals surface area contributed by atoms with Crippen LogP contribution in [0.25, 0.3) is 16.3 Å². The Balaban J connectivity index is 2.13. The van der Waals surface area contributed by atoms with Gasteiger partial charge in [-0.1, -0.05) is 24.3 Å². The van der Waals surface area contributed by atoms with Crippen LogP contribution in [0, 0.1) is 0 Å². The molecule has 0 atom stereocenters. The van der Waals surface area contributed by atoms with Crippen LogP contribution in [0.1, 0.15) is 54.0 Å². The van der Waals surface area contributed by atoms with Crippen molar-refractivity contribution in [3.63, 3.8) is 0 Å². The number of ether oxygens (including phenoxy) is 4. The minimum absolute atomic E-state index is 0.0339. The number of allylic oxidation sites excluding steroid dienone is 1. The molecule has 0 radical (unpaired) electrons. The lowest BCUT2D eigenvalue weighted by Crippen LogP contribution is -2.31. The van der Waals surface area contributed by atoms with E-state index in [1.807, 2.05) is 0 Å². The summed E-state index contributed by atoms with van der Waals surface area (Å²) in [6.45, 7) is 7.97. The quantitative estimate of drug-likeness (QED) is 0.265. The maximum absolute atomic E-state index is 13.2. The second kappa shape index (κ2) is 11.4. The van der Waals surface area contributed by atoms with Gasteiger partial charge in [-0.15, -0.1) is 0 Å².